The van der Waals surface area contributed by atoms with Crippen LogP contribution in [0, 0.1) is 10.1 Å². The van der Waals surface area contributed by atoms with E-state index in [9.17, 15) is 10.1 Å². The number of non-ortho nitro benzene ring substituents is 1. The molecule has 0 saturated carbocycles. The van der Waals surface area contributed by atoms with Gasteiger partial charge in [0.1, 0.15) is 5.82 Å². The number of hydrogen-bond donors (Lipinski definition) is 2. The molecule has 0 aliphatic rings. The average Bonchev–Trinajstić information content (AvgIpc) is 3.25. The number of nitrogens with zero attached hydrogens (tertiary/aromatic N) is 4. The number of thiazole rings is 1. The highest BCUT2D eigenvalue weighted by Crippen LogP contribution is 2.33. The lowest BCUT2D eigenvalue weighted by Gasteiger charge is -1.96. The van der Waals surface area contributed by atoms with E-state index in [-0.39, 0.29) is 5.69 Å². The summed E-state index contributed by atoms with van der Waals surface area (Å²) in [5.74, 6) is 1.09. The summed E-state index contributed by atoms with van der Waals surface area (Å²) in [5, 5.41) is 23.3. The minimum atomic E-state index is -0.433. The number of anilines is 1. The maximum Gasteiger partial charge on any atom is 0.270 e. The highest BCUT2D eigenvalue weighted by atomic mass is 32.1. The van der Waals surface area contributed by atoms with E-state index >= 15 is 0 Å². The number of nitro benzene ring substituents is 1. The van der Waals surface area contributed by atoms with Gasteiger partial charge in [-0.2, -0.15) is 0 Å². The van der Waals surface area contributed by atoms with Gasteiger partial charge >= 0.3 is 0 Å². The summed E-state index contributed by atoms with van der Waals surface area (Å²) in [6.45, 7) is 0. The number of nitrogens with two attached hydrogens (primary N) is 1. The second-order valence-electron chi connectivity index (χ2n) is 5.46. The third-order valence-electron chi connectivity index (χ3n) is 3.81. The molecule has 0 radical (unpaired) electrons. The molecular formula is C17H12N6O2S. The molecule has 2 heterocycles. The molecule has 2 aromatic carbocycles. The Balaban J connectivity index is 1.63. The number of aromatic amines is 1. The van der Waals surface area contributed by atoms with Crippen molar-refractivity contribution in [3.05, 3.63) is 64.0 Å². The summed E-state index contributed by atoms with van der Waals surface area (Å²) in [7, 11) is 0. The van der Waals surface area contributed by atoms with Gasteiger partial charge in [-0.3, -0.25) is 10.1 Å². The third-order valence-corrected chi connectivity index (χ3v) is 4.53. The van der Waals surface area contributed by atoms with Crippen molar-refractivity contribution < 1.29 is 4.92 Å². The summed E-state index contributed by atoms with van der Waals surface area (Å²) in [6, 6.07) is 13.9. The van der Waals surface area contributed by atoms with E-state index in [1.165, 1.54) is 23.5 Å². The van der Waals surface area contributed by atoms with Gasteiger partial charge in [0.25, 0.3) is 5.69 Å². The van der Waals surface area contributed by atoms with Gasteiger partial charge in [0, 0.05) is 33.8 Å². The van der Waals surface area contributed by atoms with Crippen LogP contribution in [-0.2, 0) is 0 Å². The molecule has 0 unspecified atom stereocenters. The van der Waals surface area contributed by atoms with Crippen LogP contribution >= 0.6 is 11.3 Å². The average molecular weight is 364 g/mol. The van der Waals surface area contributed by atoms with Crippen LogP contribution in [0.2, 0.25) is 0 Å². The Morgan fingerprint density at radius 2 is 1.92 bits per heavy atom. The Labute approximate surface area is 151 Å². The van der Waals surface area contributed by atoms with Crippen molar-refractivity contribution in [1.82, 2.24) is 9.97 Å². The summed E-state index contributed by atoms with van der Waals surface area (Å²) in [6.07, 6.45) is 0. The zero-order valence-corrected chi connectivity index (χ0v) is 14.1. The molecule has 4 rings (SSSR count). The van der Waals surface area contributed by atoms with Crippen LogP contribution in [0.3, 0.4) is 0 Å². The van der Waals surface area contributed by atoms with Gasteiger partial charge in [-0.25, -0.2) is 4.98 Å². The van der Waals surface area contributed by atoms with Crippen molar-refractivity contribution in [2.24, 2.45) is 10.2 Å². The normalized spacial score (nSPS) is 11.4. The van der Waals surface area contributed by atoms with E-state index in [2.05, 4.69) is 20.2 Å². The van der Waals surface area contributed by atoms with Crippen LogP contribution < -0.4 is 5.73 Å². The fraction of sp³-hybridized carbons (Fsp3) is 0. The van der Waals surface area contributed by atoms with Gasteiger partial charge in [-0.05, 0) is 0 Å². The highest BCUT2D eigenvalue weighted by molar-refractivity contribution is 7.13. The van der Waals surface area contributed by atoms with Crippen LogP contribution in [-0.4, -0.2) is 14.9 Å². The molecule has 3 N–H and O–H groups in total. The van der Waals surface area contributed by atoms with Crippen molar-refractivity contribution in [2.45, 2.75) is 0 Å². The molecule has 2 aromatic heterocycles. The molecule has 0 amide bonds. The Morgan fingerprint density at radius 1 is 1.12 bits per heavy atom. The number of H-pyrrole nitrogens is 1. The lowest BCUT2D eigenvalue weighted by atomic mass is 10.1. The fourth-order valence-electron chi connectivity index (χ4n) is 2.58. The smallest absolute Gasteiger partial charge is 0.270 e. The first-order valence-corrected chi connectivity index (χ1v) is 8.48. The molecule has 26 heavy (non-hydrogen) atoms. The molecule has 0 spiro atoms. The van der Waals surface area contributed by atoms with E-state index < -0.39 is 4.92 Å². The number of fused-ring (bicyclic) bond motifs is 1. The van der Waals surface area contributed by atoms with Crippen molar-refractivity contribution >= 4 is 44.6 Å². The van der Waals surface area contributed by atoms with Crippen LogP contribution in [0.25, 0.3) is 22.0 Å². The SMILES string of the molecule is Nc1[nH]c(N=Nc2nc(-c3cccc([N+](=O)[O-])c3)cs2)c2ccccc12. The fourth-order valence-corrected chi connectivity index (χ4v) is 3.22. The van der Waals surface area contributed by atoms with Gasteiger partial charge in [0.15, 0.2) is 5.82 Å². The molecular weight excluding hydrogens is 352 g/mol. The Bertz CT molecular complexity index is 1150. The van der Waals surface area contributed by atoms with Gasteiger partial charge in [0.2, 0.25) is 5.13 Å². The number of nitrogens with one attached hydrogen (secondary N) is 1. The monoisotopic (exact) mass is 364 g/mol. The van der Waals surface area contributed by atoms with Crippen molar-refractivity contribution in [1.29, 1.82) is 0 Å². The van der Waals surface area contributed by atoms with Crippen molar-refractivity contribution in [2.75, 3.05) is 5.73 Å². The molecule has 8 nitrogen and oxygen atoms in total. The number of rotatable bonds is 4. The van der Waals surface area contributed by atoms with E-state index in [1.807, 2.05) is 24.3 Å². The molecule has 0 bridgehead atoms. The topological polar surface area (TPSA) is 123 Å². The van der Waals surface area contributed by atoms with Crippen molar-refractivity contribution in [3.8, 4) is 11.3 Å². The quantitative estimate of drug-likeness (QED) is 0.293. The number of benzene rings is 2. The first-order chi connectivity index (χ1) is 12.6. The summed E-state index contributed by atoms with van der Waals surface area (Å²) in [4.78, 5) is 17.8. The number of nitro groups is 1. The molecule has 4 aromatic rings. The standard InChI is InChI=1S/C17H12N6O2S/c18-15-12-6-1-2-7-13(12)16(20-15)21-22-17-19-14(9-26-17)10-4-3-5-11(8-10)23(24)25/h1-9,20H,18H2. The second kappa shape index (κ2) is 6.37. The molecule has 0 aliphatic carbocycles. The largest absolute Gasteiger partial charge is 0.385 e. The van der Waals surface area contributed by atoms with Crippen LogP contribution in [0.4, 0.5) is 22.5 Å². The minimum absolute atomic E-state index is 0.0204. The molecule has 0 atom stereocenters. The first kappa shape index (κ1) is 15.9. The molecule has 9 heteroatoms. The van der Waals surface area contributed by atoms with Crippen LogP contribution in [0.5, 0.6) is 0 Å². The van der Waals surface area contributed by atoms with Crippen LogP contribution in [0.1, 0.15) is 0 Å². The van der Waals surface area contributed by atoms with E-state index in [4.69, 9.17) is 5.73 Å². The zero-order valence-electron chi connectivity index (χ0n) is 13.3. The Hall–Kier alpha value is -3.59. The van der Waals surface area contributed by atoms with Gasteiger partial charge in [0.05, 0.1) is 10.6 Å². The van der Waals surface area contributed by atoms with E-state index in [0.29, 0.717) is 28.0 Å². The summed E-state index contributed by atoms with van der Waals surface area (Å²) in [5.41, 5.74) is 7.23. The molecule has 0 aliphatic heterocycles. The Morgan fingerprint density at radius 3 is 2.73 bits per heavy atom. The highest BCUT2D eigenvalue weighted by Gasteiger charge is 2.10. The molecule has 0 saturated heterocycles. The minimum Gasteiger partial charge on any atom is -0.385 e. The number of hydrogen-bond acceptors (Lipinski definition) is 7. The lowest BCUT2D eigenvalue weighted by molar-refractivity contribution is -0.384. The van der Waals surface area contributed by atoms with E-state index in [0.717, 1.165) is 10.8 Å². The lowest BCUT2D eigenvalue weighted by Crippen LogP contribution is -1.87. The van der Waals surface area contributed by atoms with Crippen LogP contribution in [0.15, 0.2) is 64.1 Å². The Kier molecular flexibility index (Phi) is 3.90. The first-order valence-electron chi connectivity index (χ1n) is 7.60. The predicted molar refractivity (Wildman–Crippen MR) is 101 cm³/mol. The third kappa shape index (κ3) is 2.91. The van der Waals surface area contributed by atoms with Crippen molar-refractivity contribution in [3.63, 3.8) is 0 Å². The number of aromatic nitrogens is 2. The second-order valence-corrected chi connectivity index (χ2v) is 6.29. The zero-order chi connectivity index (χ0) is 18.1. The van der Waals surface area contributed by atoms with E-state index in [1.54, 1.807) is 17.5 Å². The van der Waals surface area contributed by atoms with Gasteiger partial charge in [-0.15, -0.1) is 21.6 Å². The molecule has 0 fully saturated rings. The van der Waals surface area contributed by atoms with Gasteiger partial charge < -0.3 is 10.7 Å². The maximum absolute atomic E-state index is 10.9. The summed E-state index contributed by atoms with van der Waals surface area (Å²) >= 11 is 1.30. The molecule has 128 valence electrons. The number of nitrogen functional groups attached to an aromatic ring is 1. The van der Waals surface area contributed by atoms with Gasteiger partial charge in [-0.1, -0.05) is 36.4 Å². The maximum atomic E-state index is 10.9. The number of azo groups is 1. The summed E-state index contributed by atoms with van der Waals surface area (Å²) < 4.78 is 0. The predicted octanol–water partition coefficient (Wildman–Crippen LogP) is 5.20.